The number of nitrogens with zero attached hydrogens (tertiary/aromatic N) is 1. The predicted molar refractivity (Wildman–Crippen MR) is 106 cm³/mol. The monoisotopic (exact) mass is 381 g/mol. The van der Waals surface area contributed by atoms with Crippen LogP contribution in [0.2, 0.25) is 0 Å². The molecular formula is C24H31NO3. The quantitative estimate of drug-likeness (QED) is 0.737. The molecule has 4 saturated carbocycles. The topological polar surface area (TPSA) is 46.6 Å². The summed E-state index contributed by atoms with van der Waals surface area (Å²) in [6.07, 6.45) is 9.30. The van der Waals surface area contributed by atoms with Gasteiger partial charge in [0, 0.05) is 7.05 Å². The maximum atomic E-state index is 12.8. The Bertz CT molecular complexity index is 745. The Kier molecular flexibility index (Phi) is 4.68. The number of likely N-dealkylation sites (N-methyl/N-ethyl adjacent to an activating group) is 1. The predicted octanol–water partition coefficient (Wildman–Crippen LogP) is 4.14. The average molecular weight is 382 g/mol. The van der Waals surface area contributed by atoms with Gasteiger partial charge in [0.05, 0.1) is 12.0 Å². The van der Waals surface area contributed by atoms with E-state index in [-0.39, 0.29) is 30.4 Å². The first kappa shape index (κ1) is 18.2. The molecule has 6 rings (SSSR count). The average Bonchev–Trinajstić information content (AvgIpc) is 2.70. The first-order chi connectivity index (χ1) is 13.6. The van der Waals surface area contributed by atoms with Crippen molar-refractivity contribution in [3.8, 4) is 0 Å². The van der Waals surface area contributed by atoms with E-state index in [1.165, 1.54) is 43.2 Å². The van der Waals surface area contributed by atoms with E-state index in [2.05, 4.69) is 18.2 Å². The summed E-state index contributed by atoms with van der Waals surface area (Å²) in [4.78, 5) is 27.4. The van der Waals surface area contributed by atoms with Crippen LogP contribution < -0.4 is 0 Å². The first-order valence-electron chi connectivity index (χ1n) is 11.1. The molecule has 0 unspecified atom stereocenters. The van der Waals surface area contributed by atoms with Gasteiger partial charge in [0.1, 0.15) is 0 Å². The molecule has 5 aliphatic rings. The molecule has 5 aliphatic carbocycles. The zero-order chi connectivity index (χ0) is 19.3. The van der Waals surface area contributed by atoms with Crippen LogP contribution in [0, 0.1) is 29.6 Å². The normalized spacial score (nSPS) is 35.3. The Morgan fingerprint density at radius 2 is 1.71 bits per heavy atom. The van der Waals surface area contributed by atoms with Crippen molar-refractivity contribution in [2.24, 2.45) is 29.6 Å². The third-order valence-electron chi connectivity index (χ3n) is 8.04. The number of carbonyl (C=O) groups excluding carboxylic acids is 2. The molecule has 4 fully saturated rings. The number of amides is 1. The molecule has 4 heteroatoms. The second-order valence-electron chi connectivity index (χ2n) is 9.68. The van der Waals surface area contributed by atoms with Crippen molar-refractivity contribution in [3.05, 3.63) is 35.4 Å². The summed E-state index contributed by atoms with van der Waals surface area (Å²) in [5.41, 5.74) is 2.58. The van der Waals surface area contributed by atoms with Crippen LogP contribution in [0.15, 0.2) is 24.3 Å². The van der Waals surface area contributed by atoms with Gasteiger partial charge in [-0.1, -0.05) is 24.3 Å². The number of rotatable bonds is 4. The molecule has 150 valence electrons. The highest BCUT2D eigenvalue weighted by molar-refractivity contribution is 5.82. The maximum Gasteiger partial charge on any atom is 0.310 e. The lowest BCUT2D eigenvalue weighted by atomic mass is 9.52. The van der Waals surface area contributed by atoms with Gasteiger partial charge in [0.2, 0.25) is 0 Å². The lowest BCUT2D eigenvalue weighted by Crippen LogP contribution is -2.49. The lowest BCUT2D eigenvalue weighted by Gasteiger charge is -2.53. The number of fused-ring (bicyclic) bond motifs is 1. The Morgan fingerprint density at radius 3 is 2.43 bits per heavy atom. The summed E-state index contributed by atoms with van der Waals surface area (Å²) in [7, 11) is 1.85. The summed E-state index contributed by atoms with van der Waals surface area (Å²) in [6.45, 7) is -0.114. The van der Waals surface area contributed by atoms with E-state index < -0.39 is 0 Å². The van der Waals surface area contributed by atoms with E-state index in [4.69, 9.17) is 4.74 Å². The van der Waals surface area contributed by atoms with Gasteiger partial charge in [-0.05, 0) is 86.2 Å². The Balaban J connectivity index is 1.20. The molecule has 0 aromatic heterocycles. The number of carbonyl (C=O) groups is 2. The second kappa shape index (κ2) is 7.20. The van der Waals surface area contributed by atoms with Gasteiger partial charge in [-0.25, -0.2) is 0 Å². The summed E-state index contributed by atoms with van der Waals surface area (Å²) in [5, 5.41) is 0. The molecule has 28 heavy (non-hydrogen) atoms. The molecule has 0 heterocycles. The van der Waals surface area contributed by atoms with E-state index in [1.807, 2.05) is 13.1 Å². The van der Waals surface area contributed by atoms with Gasteiger partial charge in [-0.2, -0.15) is 0 Å². The van der Waals surface area contributed by atoms with Crippen molar-refractivity contribution in [2.75, 3.05) is 13.7 Å². The number of aryl methyl sites for hydroxylation is 1. The SMILES string of the molecule is CN(C(=O)COC(=O)C1C2CC3CC(C2)CC1C3)[C@H]1CCCc2ccccc21. The van der Waals surface area contributed by atoms with Gasteiger partial charge in [0.25, 0.3) is 5.91 Å². The number of esters is 1. The largest absolute Gasteiger partial charge is 0.455 e. The van der Waals surface area contributed by atoms with Gasteiger partial charge in [-0.15, -0.1) is 0 Å². The number of benzene rings is 1. The van der Waals surface area contributed by atoms with Crippen molar-refractivity contribution in [3.63, 3.8) is 0 Å². The Labute approximate surface area is 167 Å². The molecule has 0 aliphatic heterocycles. The van der Waals surface area contributed by atoms with Crippen LogP contribution in [-0.2, 0) is 20.7 Å². The molecule has 4 nitrogen and oxygen atoms in total. The van der Waals surface area contributed by atoms with Crippen molar-refractivity contribution in [1.82, 2.24) is 4.90 Å². The van der Waals surface area contributed by atoms with Crippen LogP contribution in [0.5, 0.6) is 0 Å². The Hall–Kier alpha value is -1.84. The zero-order valence-corrected chi connectivity index (χ0v) is 16.8. The fourth-order valence-corrected chi connectivity index (χ4v) is 6.95. The fourth-order valence-electron chi connectivity index (χ4n) is 6.95. The van der Waals surface area contributed by atoms with Crippen molar-refractivity contribution in [2.45, 2.75) is 57.4 Å². The summed E-state index contributed by atoms with van der Waals surface area (Å²) in [5.74, 6) is 2.53. The van der Waals surface area contributed by atoms with Crippen LogP contribution >= 0.6 is 0 Å². The highest BCUT2D eigenvalue weighted by Gasteiger charge is 2.51. The van der Waals surface area contributed by atoms with Crippen LogP contribution in [-0.4, -0.2) is 30.4 Å². The molecule has 1 atom stereocenters. The minimum atomic E-state index is -0.114. The van der Waals surface area contributed by atoms with Crippen LogP contribution in [0.4, 0.5) is 0 Å². The van der Waals surface area contributed by atoms with Crippen LogP contribution in [0.1, 0.15) is 62.1 Å². The molecule has 0 radical (unpaired) electrons. The van der Waals surface area contributed by atoms with Gasteiger partial charge < -0.3 is 9.64 Å². The standard InChI is InChI=1S/C24H31NO3/c1-25(21-8-4-6-17-5-2-3-7-20(17)21)22(26)14-28-24(27)23-18-10-15-9-16(12-18)13-19(23)11-15/h2-3,5,7,15-16,18-19,21,23H,4,6,8-14H2,1H3/t15?,16?,18?,19?,21-,23?/m0/s1. The third kappa shape index (κ3) is 3.15. The summed E-state index contributed by atoms with van der Waals surface area (Å²) >= 11 is 0. The van der Waals surface area contributed by atoms with Gasteiger partial charge >= 0.3 is 5.97 Å². The highest BCUT2D eigenvalue weighted by atomic mass is 16.5. The minimum absolute atomic E-state index is 0.0429. The van der Waals surface area contributed by atoms with Gasteiger partial charge in [0.15, 0.2) is 6.61 Å². The van der Waals surface area contributed by atoms with E-state index in [0.717, 1.165) is 31.1 Å². The molecule has 1 aromatic carbocycles. The lowest BCUT2D eigenvalue weighted by molar-refractivity contribution is -0.166. The highest BCUT2D eigenvalue weighted by Crippen LogP contribution is 2.56. The van der Waals surface area contributed by atoms with E-state index >= 15 is 0 Å². The van der Waals surface area contributed by atoms with E-state index in [1.54, 1.807) is 4.90 Å². The first-order valence-corrected chi connectivity index (χ1v) is 11.1. The van der Waals surface area contributed by atoms with Crippen molar-refractivity contribution < 1.29 is 14.3 Å². The molecule has 0 saturated heterocycles. The van der Waals surface area contributed by atoms with Gasteiger partial charge in [-0.3, -0.25) is 9.59 Å². The molecule has 1 aromatic rings. The molecular weight excluding hydrogens is 350 g/mol. The molecule has 1 amide bonds. The zero-order valence-electron chi connectivity index (χ0n) is 16.8. The Morgan fingerprint density at radius 1 is 1.04 bits per heavy atom. The fraction of sp³-hybridized carbons (Fsp3) is 0.667. The summed E-state index contributed by atoms with van der Waals surface area (Å²) < 4.78 is 5.60. The smallest absolute Gasteiger partial charge is 0.310 e. The molecule has 0 spiro atoms. The number of hydrogen-bond donors (Lipinski definition) is 0. The van der Waals surface area contributed by atoms with Crippen molar-refractivity contribution >= 4 is 11.9 Å². The molecule has 0 N–H and O–H groups in total. The number of ether oxygens (including phenoxy) is 1. The second-order valence-corrected chi connectivity index (χ2v) is 9.68. The van der Waals surface area contributed by atoms with E-state index in [0.29, 0.717) is 11.8 Å². The van der Waals surface area contributed by atoms with Crippen LogP contribution in [0.25, 0.3) is 0 Å². The third-order valence-corrected chi connectivity index (χ3v) is 8.04. The van der Waals surface area contributed by atoms with Crippen molar-refractivity contribution in [1.29, 1.82) is 0 Å². The molecule has 4 bridgehead atoms. The maximum absolute atomic E-state index is 12.8. The van der Waals surface area contributed by atoms with E-state index in [9.17, 15) is 9.59 Å². The number of hydrogen-bond acceptors (Lipinski definition) is 3. The van der Waals surface area contributed by atoms with Crippen LogP contribution in [0.3, 0.4) is 0 Å². The minimum Gasteiger partial charge on any atom is -0.455 e. The summed E-state index contributed by atoms with van der Waals surface area (Å²) in [6, 6.07) is 8.49.